The van der Waals surface area contributed by atoms with Gasteiger partial charge in [-0.3, -0.25) is 14.4 Å². The molecule has 1 atom stereocenters. The van der Waals surface area contributed by atoms with E-state index in [0.29, 0.717) is 12.3 Å². The van der Waals surface area contributed by atoms with Crippen LogP contribution in [0.1, 0.15) is 41.0 Å². The molecule has 1 unspecified atom stereocenters. The molecule has 2 aromatic carbocycles. The molecule has 7 heteroatoms. The summed E-state index contributed by atoms with van der Waals surface area (Å²) in [5, 5.41) is 4.41. The molecule has 2 aromatic heterocycles. The van der Waals surface area contributed by atoms with Crippen molar-refractivity contribution in [3.63, 3.8) is 0 Å². The Morgan fingerprint density at radius 3 is 2.79 bits per heavy atom. The van der Waals surface area contributed by atoms with Crippen LogP contribution in [0, 0.1) is 0 Å². The van der Waals surface area contributed by atoms with Crippen molar-refractivity contribution in [1.29, 1.82) is 0 Å². The summed E-state index contributed by atoms with van der Waals surface area (Å²) in [5.74, 6) is 0.729. The molecule has 0 fully saturated rings. The Balaban J connectivity index is 1.59. The molecule has 0 aliphatic carbocycles. The monoisotopic (exact) mass is 387 g/mol. The second-order valence-electron chi connectivity index (χ2n) is 7.21. The number of benzene rings is 2. The fourth-order valence-corrected chi connectivity index (χ4v) is 3.88. The first-order chi connectivity index (χ1) is 14.2. The molecular formula is C22H21N5O2. The highest BCUT2D eigenvalue weighted by Gasteiger charge is 2.41. The lowest BCUT2D eigenvalue weighted by atomic mass is 10.0. The molecule has 1 N–H and O–H groups in total. The molecule has 0 saturated heterocycles. The van der Waals surface area contributed by atoms with Crippen molar-refractivity contribution in [2.24, 2.45) is 7.05 Å². The maximum absolute atomic E-state index is 13.3. The molecule has 29 heavy (non-hydrogen) atoms. The Bertz CT molecular complexity index is 1190. The molecule has 1 amide bonds. The average Bonchev–Trinajstić information content (AvgIpc) is 3.41. The minimum atomic E-state index is -0.244. The molecule has 1 aliphatic heterocycles. The molecule has 7 nitrogen and oxygen atoms in total. The smallest absolute Gasteiger partial charge is 0.279 e. The van der Waals surface area contributed by atoms with Crippen LogP contribution < -0.4 is 9.64 Å². The van der Waals surface area contributed by atoms with Gasteiger partial charge in [0.25, 0.3) is 5.91 Å². The number of rotatable bonds is 5. The Hall–Kier alpha value is -3.61. The Morgan fingerprint density at radius 1 is 1.17 bits per heavy atom. The number of carbonyl (C=O) groups excluding carboxylic acids is 1. The number of imidazole rings is 1. The van der Waals surface area contributed by atoms with Crippen molar-refractivity contribution in [3.8, 4) is 5.75 Å². The van der Waals surface area contributed by atoms with Crippen molar-refractivity contribution in [1.82, 2.24) is 19.7 Å². The maximum Gasteiger partial charge on any atom is 0.279 e. The van der Waals surface area contributed by atoms with Crippen LogP contribution in [-0.4, -0.2) is 32.3 Å². The van der Waals surface area contributed by atoms with E-state index in [-0.39, 0.29) is 11.9 Å². The van der Waals surface area contributed by atoms with E-state index in [2.05, 4.69) is 22.0 Å². The summed E-state index contributed by atoms with van der Waals surface area (Å²) < 4.78 is 7.41. The van der Waals surface area contributed by atoms with E-state index in [1.807, 2.05) is 55.7 Å². The molecule has 0 spiro atoms. The van der Waals surface area contributed by atoms with Crippen LogP contribution in [0.25, 0.3) is 11.0 Å². The van der Waals surface area contributed by atoms with Crippen molar-refractivity contribution in [3.05, 3.63) is 71.8 Å². The van der Waals surface area contributed by atoms with Gasteiger partial charge in [0, 0.05) is 24.5 Å². The number of amides is 1. The lowest BCUT2D eigenvalue weighted by molar-refractivity contribution is 0.0988. The number of H-pyrrole nitrogens is 1. The van der Waals surface area contributed by atoms with Gasteiger partial charge in [-0.2, -0.15) is 5.10 Å². The summed E-state index contributed by atoms with van der Waals surface area (Å²) in [4.78, 5) is 22.5. The number of aryl methyl sites for hydroxylation is 1. The summed E-state index contributed by atoms with van der Waals surface area (Å²) in [6.45, 7) is 2.77. The minimum absolute atomic E-state index is 0.101. The van der Waals surface area contributed by atoms with Crippen LogP contribution in [0.2, 0.25) is 0 Å². The molecular weight excluding hydrogens is 366 g/mol. The zero-order chi connectivity index (χ0) is 20.0. The first-order valence-electron chi connectivity index (χ1n) is 9.68. The number of fused-ring (bicyclic) bond motifs is 2. The molecule has 0 saturated carbocycles. The number of aromatic nitrogens is 4. The lowest BCUT2D eigenvalue weighted by Gasteiger charge is -2.26. The summed E-state index contributed by atoms with van der Waals surface area (Å²) >= 11 is 0. The van der Waals surface area contributed by atoms with Gasteiger partial charge in [0.05, 0.1) is 30.0 Å². The van der Waals surface area contributed by atoms with E-state index in [0.717, 1.165) is 40.0 Å². The SMILES string of the molecule is CCCOc1ccc(C2c3cn(C)nc3C(=O)N2c2ccc3nc[nH]c3c2)cc1. The highest BCUT2D eigenvalue weighted by atomic mass is 16.5. The van der Waals surface area contributed by atoms with E-state index in [9.17, 15) is 4.79 Å². The fraction of sp³-hybridized carbons (Fsp3) is 0.227. The number of hydrogen-bond acceptors (Lipinski definition) is 4. The predicted molar refractivity (Wildman–Crippen MR) is 110 cm³/mol. The number of aromatic amines is 1. The van der Waals surface area contributed by atoms with Gasteiger partial charge in [-0.1, -0.05) is 19.1 Å². The molecule has 1 aliphatic rings. The van der Waals surface area contributed by atoms with Crippen molar-refractivity contribution in [2.45, 2.75) is 19.4 Å². The number of hydrogen-bond donors (Lipinski definition) is 1. The van der Waals surface area contributed by atoms with Crippen molar-refractivity contribution >= 4 is 22.6 Å². The van der Waals surface area contributed by atoms with Crippen molar-refractivity contribution < 1.29 is 9.53 Å². The Labute approximate surface area is 167 Å². The van der Waals surface area contributed by atoms with E-state index in [1.54, 1.807) is 15.9 Å². The van der Waals surface area contributed by atoms with Gasteiger partial charge in [-0.25, -0.2) is 4.98 Å². The standard InChI is InChI=1S/C22H21N5O2/c1-3-10-29-16-7-4-14(5-8-16)21-17-12-26(2)25-20(17)22(28)27(21)15-6-9-18-19(11-15)24-13-23-18/h4-9,11-13,21H,3,10H2,1-2H3,(H,23,24). The predicted octanol–water partition coefficient (Wildman–Crippen LogP) is 3.84. The zero-order valence-electron chi connectivity index (χ0n) is 16.3. The van der Waals surface area contributed by atoms with E-state index < -0.39 is 0 Å². The molecule has 146 valence electrons. The van der Waals surface area contributed by atoms with Crippen LogP contribution >= 0.6 is 0 Å². The Kier molecular flexibility index (Phi) is 4.08. The van der Waals surface area contributed by atoms with Crippen LogP contribution in [0.3, 0.4) is 0 Å². The van der Waals surface area contributed by atoms with Gasteiger partial charge in [-0.05, 0) is 42.3 Å². The van der Waals surface area contributed by atoms with Crippen molar-refractivity contribution in [2.75, 3.05) is 11.5 Å². The number of carbonyl (C=O) groups is 1. The van der Waals surface area contributed by atoms with Gasteiger partial charge in [-0.15, -0.1) is 0 Å². The molecule has 3 heterocycles. The van der Waals surface area contributed by atoms with Crippen LogP contribution in [0.5, 0.6) is 5.75 Å². The second-order valence-corrected chi connectivity index (χ2v) is 7.21. The summed E-state index contributed by atoms with van der Waals surface area (Å²) in [5.41, 5.74) is 4.98. The van der Waals surface area contributed by atoms with E-state index >= 15 is 0 Å². The third kappa shape index (κ3) is 2.86. The zero-order valence-corrected chi connectivity index (χ0v) is 16.3. The summed E-state index contributed by atoms with van der Waals surface area (Å²) in [6, 6.07) is 13.5. The molecule has 0 radical (unpaired) electrons. The Morgan fingerprint density at radius 2 is 2.00 bits per heavy atom. The molecule has 0 bridgehead atoms. The van der Waals surface area contributed by atoms with Gasteiger partial charge >= 0.3 is 0 Å². The lowest BCUT2D eigenvalue weighted by Crippen LogP contribution is -2.29. The maximum atomic E-state index is 13.3. The summed E-state index contributed by atoms with van der Waals surface area (Å²) in [6.07, 6.45) is 4.54. The number of anilines is 1. The molecule has 5 rings (SSSR count). The van der Waals surface area contributed by atoms with Gasteiger partial charge in [0.2, 0.25) is 0 Å². The first kappa shape index (κ1) is 17.5. The topological polar surface area (TPSA) is 76.0 Å². The highest BCUT2D eigenvalue weighted by Crippen LogP contribution is 2.41. The normalized spacial score (nSPS) is 15.9. The van der Waals surface area contributed by atoms with E-state index in [4.69, 9.17) is 4.74 Å². The third-order valence-electron chi connectivity index (χ3n) is 5.18. The van der Waals surface area contributed by atoms with Gasteiger partial charge < -0.3 is 9.72 Å². The average molecular weight is 387 g/mol. The second kappa shape index (κ2) is 6.77. The number of nitrogens with zero attached hydrogens (tertiary/aromatic N) is 4. The fourth-order valence-electron chi connectivity index (χ4n) is 3.88. The number of nitrogens with one attached hydrogen (secondary N) is 1. The number of ether oxygens (including phenoxy) is 1. The highest BCUT2D eigenvalue weighted by molar-refractivity contribution is 6.11. The van der Waals surface area contributed by atoms with Crippen LogP contribution in [0.4, 0.5) is 5.69 Å². The quantitative estimate of drug-likeness (QED) is 0.565. The van der Waals surface area contributed by atoms with Gasteiger partial charge in [0.15, 0.2) is 5.69 Å². The summed E-state index contributed by atoms with van der Waals surface area (Å²) in [7, 11) is 1.84. The molecule has 4 aromatic rings. The largest absolute Gasteiger partial charge is 0.494 e. The van der Waals surface area contributed by atoms with Gasteiger partial charge in [0.1, 0.15) is 5.75 Å². The first-order valence-corrected chi connectivity index (χ1v) is 9.68. The minimum Gasteiger partial charge on any atom is -0.494 e. The van der Waals surface area contributed by atoms with Crippen LogP contribution in [-0.2, 0) is 7.05 Å². The third-order valence-corrected chi connectivity index (χ3v) is 5.18. The van der Waals surface area contributed by atoms with Crippen LogP contribution in [0.15, 0.2) is 55.0 Å². The van der Waals surface area contributed by atoms with E-state index in [1.165, 1.54) is 0 Å².